The number of ketones is 1. The van der Waals surface area contributed by atoms with Crippen molar-refractivity contribution < 1.29 is 14.3 Å². The second-order valence-corrected chi connectivity index (χ2v) is 12.9. The SMILES string of the molecule is COc1cccc2c(C(=O)NCc3ccc(Cl)c(Cl)c3)cn(CCCN3C4CCC3CN(CC(=O)c3ccc(Cl)cc3)C4)c12. The van der Waals surface area contributed by atoms with Gasteiger partial charge in [-0.15, -0.1) is 0 Å². The molecule has 1 N–H and O–H groups in total. The molecule has 3 heterocycles. The molecule has 4 aromatic rings. The first-order valence-electron chi connectivity index (χ1n) is 15.0. The number of hydrogen-bond donors (Lipinski definition) is 1. The lowest BCUT2D eigenvalue weighted by Crippen LogP contribution is -2.54. The van der Waals surface area contributed by atoms with Crippen molar-refractivity contribution in [2.45, 2.75) is 44.4 Å². The highest BCUT2D eigenvalue weighted by atomic mass is 35.5. The fraction of sp³-hybridized carbons (Fsp3) is 0.353. The summed E-state index contributed by atoms with van der Waals surface area (Å²) in [5.41, 5.74) is 3.11. The summed E-state index contributed by atoms with van der Waals surface area (Å²) in [7, 11) is 1.66. The van der Waals surface area contributed by atoms with Crippen LogP contribution >= 0.6 is 34.8 Å². The second kappa shape index (κ2) is 13.5. The number of fused-ring (bicyclic) bond motifs is 3. The van der Waals surface area contributed by atoms with Crippen LogP contribution in [0, 0.1) is 0 Å². The molecule has 2 saturated heterocycles. The number of nitrogens with one attached hydrogen (secondary N) is 1. The summed E-state index contributed by atoms with van der Waals surface area (Å²) in [5.74, 6) is 0.722. The van der Waals surface area contributed by atoms with Crippen LogP contribution < -0.4 is 10.1 Å². The molecule has 2 atom stereocenters. The number of amides is 1. The number of para-hydroxylation sites is 1. The fourth-order valence-electron chi connectivity index (χ4n) is 6.70. The first-order chi connectivity index (χ1) is 21.3. The number of benzene rings is 3. The summed E-state index contributed by atoms with van der Waals surface area (Å²) < 4.78 is 7.85. The molecule has 2 fully saturated rings. The number of nitrogens with zero attached hydrogens (tertiary/aromatic N) is 3. The fourth-order valence-corrected chi connectivity index (χ4v) is 7.15. The third-order valence-corrected chi connectivity index (χ3v) is 9.81. The minimum absolute atomic E-state index is 0.139. The average Bonchev–Trinajstić information content (AvgIpc) is 3.51. The Balaban J connectivity index is 1.09. The Bertz CT molecular complexity index is 1660. The Labute approximate surface area is 272 Å². The summed E-state index contributed by atoms with van der Waals surface area (Å²) >= 11 is 18.2. The van der Waals surface area contributed by atoms with E-state index in [1.165, 1.54) is 0 Å². The van der Waals surface area contributed by atoms with Crippen molar-refractivity contribution in [2.24, 2.45) is 0 Å². The molecule has 2 bridgehead atoms. The van der Waals surface area contributed by atoms with Gasteiger partial charge in [0.15, 0.2) is 5.78 Å². The smallest absolute Gasteiger partial charge is 0.253 e. The van der Waals surface area contributed by atoms with E-state index >= 15 is 0 Å². The number of halogens is 3. The molecule has 7 nitrogen and oxygen atoms in total. The molecule has 2 unspecified atom stereocenters. The number of carbonyl (C=O) groups excluding carboxylic acids is 2. The van der Waals surface area contributed by atoms with E-state index in [0.29, 0.717) is 51.4 Å². The maximum atomic E-state index is 13.4. The van der Waals surface area contributed by atoms with Gasteiger partial charge < -0.3 is 14.6 Å². The van der Waals surface area contributed by atoms with Gasteiger partial charge in [0.2, 0.25) is 0 Å². The lowest BCUT2D eigenvalue weighted by Gasteiger charge is -2.41. The molecule has 0 aliphatic carbocycles. The van der Waals surface area contributed by atoms with E-state index in [-0.39, 0.29) is 11.7 Å². The number of hydrogen-bond acceptors (Lipinski definition) is 5. The quantitative estimate of drug-likeness (QED) is 0.177. The highest BCUT2D eigenvalue weighted by Crippen LogP contribution is 2.33. The van der Waals surface area contributed by atoms with E-state index in [4.69, 9.17) is 39.5 Å². The third-order valence-electron chi connectivity index (χ3n) is 8.82. The van der Waals surface area contributed by atoms with Crippen molar-refractivity contribution in [3.8, 4) is 5.75 Å². The van der Waals surface area contributed by atoms with Crippen LogP contribution in [0.15, 0.2) is 66.9 Å². The minimum Gasteiger partial charge on any atom is -0.495 e. The number of methoxy groups -OCH3 is 1. The zero-order valence-electron chi connectivity index (χ0n) is 24.6. The van der Waals surface area contributed by atoms with Crippen LogP contribution in [0.1, 0.15) is 45.5 Å². The molecule has 2 aliphatic rings. The molecule has 230 valence electrons. The summed E-state index contributed by atoms with van der Waals surface area (Å²) in [5, 5.41) is 5.46. The molecule has 3 aromatic carbocycles. The normalized spacial score (nSPS) is 18.5. The standard InChI is InChI=1S/C34H35Cl3N4O3/c1-44-32-5-2-4-27-28(34(43)38-17-22-6-13-29(36)30(37)16-22)20-40(33(27)32)14-3-15-41-25-11-12-26(41)19-39(18-25)21-31(42)23-7-9-24(35)10-8-23/h2,4-10,13,16,20,25-26H,3,11-12,14-15,17-19,21H2,1H3,(H,38,43). The maximum absolute atomic E-state index is 13.4. The van der Waals surface area contributed by atoms with E-state index in [9.17, 15) is 9.59 Å². The molecule has 1 amide bonds. The number of aromatic nitrogens is 1. The number of piperazine rings is 1. The number of aryl methyl sites for hydroxylation is 1. The molecule has 10 heteroatoms. The van der Waals surface area contributed by atoms with Crippen LogP contribution in [-0.4, -0.2) is 71.4 Å². The summed E-state index contributed by atoms with van der Waals surface area (Å²) in [6.07, 6.45) is 5.18. The third kappa shape index (κ3) is 6.63. The molecule has 0 radical (unpaired) electrons. The largest absolute Gasteiger partial charge is 0.495 e. The van der Waals surface area contributed by atoms with Gasteiger partial charge in [0, 0.05) is 67.0 Å². The molecule has 0 saturated carbocycles. The Hall–Kier alpha value is -3.07. The number of rotatable bonds is 11. The van der Waals surface area contributed by atoms with Crippen LogP contribution in [0.4, 0.5) is 0 Å². The summed E-state index contributed by atoms with van der Waals surface area (Å²) in [4.78, 5) is 31.2. The van der Waals surface area contributed by atoms with Gasteiger partial charge >= 0.3 is 0 Å². The monoisotopic (exact) mass is 652 g/mol. The topological polar surface area (TPSA) is 66.8 Å². The van der Waals surface area contributed by atoms with Gasteiger partial charge in [0.1, 0.15) is 5.75 Å². The van der Waals surface area contributed by atoms with E-state index in [2.05, 4.69) is 19.7 Å². The molecule has 0 spiro atoms. The number of ether oxygens (including phenoxy) is 1. The van der Waals surface area contributed by atoms with Gasteiger partial charge in [0.05, 0.1) is 34.8 Å². The highest BCUT2D eigenvalue weighted by molar-refractivity contribution is 6.42. The molecule has 44 heavy (non-hydrogen) atoms. The van der Waals surface area contributed by atoms with Gasteiger partial charge in [-0.25, -0.2) is 0 Å². The van der Waals surface area contributed by atoms with E-state index in [1.54, 1.807) is 43.5 Å². The Morgan fingerprint density at radius 2 is 1.68 bits per heavy atom. The van der Waals surface area contributed by atoms with Crippen LogP contribution in [-0.2, 0) is 13.1 Å². The van der Waals surface area contributed by atoms with E-state index in [1.807, 2.05) is 30.5 Å². The number of Topliss-reactive ketones (excluding diaryl/α,β-unsaturated/α-hetero) is 1. The van der Waals surface area contributed by atoms with Crippen LogP contribution in [0.3, 0.4) is 0 Å². The Morgan fingerprint density at radius 3 is 2.39 bits per heavy atom. The second-order valence-electron chi connectivity index (χ2n) is 11.6. The van der Waals surface area contributed by atoms with Crippen molar-refractivity contribution in [1.29, 1.82) is 0 Å². The lowest BCUT2D eigenvalue weighted by atomic mass is 10.1. The molecular weight excluding hydrogens is 619 g/mol. The zero-order chi connectivity index (χ0) is 30.8. The molecule has 1 aromatic heterocycles. The number of likely N-dealkylation sites (tertiary alicyclic amines) is 1. The zero-order valence-corrected chi connectivity index (χ0v) is 26.8. The Kier molecular flexibility index (Phi) is 9.50. The van der Waals surface area contributed by atoms with Crippen LogP contribution in [0.2, 0.25) is 15.1 Å². The average molecular weight is 654 g/mol. The first kappa shape index (κ1) is 30.9. The predicted molar refractivity (Wildman–Crippen MR) is 176 cm³/mol. The van der Waals surface area contributed by atoms with Gasteiger partial charge in [-0.1, -0.05) is 53.0 Å². The van der Waals surface area contributed by atoms with Gasteiger partial charge in [0.25, 0.3) is 5.91 Å². The van der Waals surface area contributed by atoms with Crippen LogP contribution in [0.25, 0.3) is 10.9 Å². The Morgan fingerprint density at radius 1 is 0.932 bits per heavy atom. The van der Waals surface area contributed by atoms with E-state index in [0.717, 1.165) is 67.7 Å². The van der Waals surface area contributed by atoms with Gasteiger partial charge in [-0.2, -0.15) is 0 Å². The van der Waals surface area contributed by atoms with E-state index < -0.39 is 0 Å². The van der Waals surface area contributed by atoms with Gasteiger partial charge in [-0.3, -0.25) is 19.4 Å². The molecule has 2 aliphatic heterocycles. The van der Waals surface area contributed by atoms with Crippen molar-refractivity contribution in [3.05, 3.63) is 98.6 Å². The molecular formula is C34H35Cl3N4O3. The van der Waals surface area contributed by atoms with Gasteiger partial charge in [-0.05, 0) is 67.3 Å². The van der Waals surface area contributed by atoms with Crippen molar-refractivity contribution in [3.63, 3.8) is 0 Å². The number of carbonyl (C=O) groups is 2. The summed E-state index contributed by atoms with van der Waals surface area (Å²) in [6, 6.07) is 19.2. The van der Waals surface area contributed by atoms with Crippen molar-refractivity contribution >= 4 is 57.4 Å². The molecule has 6 rings (SSSR count). The minimum atomic E-state index is -0.157. The maximum Gasteiger partial charge on any atom is 0.253 e. The predicted octanol–water partition coefficient (Wildman–Crippen LogP) is 6.96. The lowest BCUT2D eigenvalue weighted by molar-refractivity contribution is 0.0588. The highest BCUT2D eigenvalue weighted by Gasteiger charge is 2.39. The van der Waals surface area contributed by atoms with Crippen molar-refractivity contribution in [2.75, 3.05) is 33.3 Å². The summed E-state index contributed by atoms with van der Waals surface area (Å²) in [6.45, 7) is 4.30. The van der Waals surface area contributed by atoms with Crippen LogP contribution in [0.5, 0.6) is 5.75 Å². The first-order valence-corrected chi connectivity index (χ1v) is 16.1. The van der Waals surface area contributed by atoms with Crippen molar-refractivity contribution in [1.82, 2.24) is 19.7 Å².